The van der Waals surface area contributed by atoms with Gasteiger partial charge in [0.1, 0.15) is 12.6 Å². The summed E-state index contributed by atoms with van der Waals surface area (Å²) in [7, 11) is 1.20. The van der Waals surface area contributed by atoms with Crippen molar-refractivity contribution < 1.29 is 23.9 Å². The summed E-state index contributed by atoms with van der Waals surface area (Å²) < 4.78 is 12.2. The maximum Gasteiger partial charge on any atom is 0.328 e. The highest BCUT2D eigenvalue weighted by Crippen LogP contribution is 2.38. The summed E-state index contributed by atoms with van der Waals surface area (Å²) in [4.78, 5) is 37.7. The minimum Gasteiger partial charge on any atom is -0.486 e. The van der Waals surface area contributed by atoms with E-state index in [-0.39, 0.29) is 4.91 Å². The first-order chi connectivity index (χ1) is 14.7. The van der Waals surface area contributed by atoms with Gasteiger partial charge in [-0.1, -0.05) is 23.7 Å². The third kappa shape index (κ3) is 5.63. The third-order valence-corrected chi connectivity index (χ3v) is 6.84. The quantitative estimate of drug-likeness (QED) is 0.224. The molecule has 1 aliphatic heterocycles. The molecule has 0 N–H and O–H groups in total. The molecule has 0 radical (unpaired) electrons. The van der Waals surface area contributed by atoms with Crippen LogP contribution in [0.3, 0.4) is 0 Å². The number of methoxy groups -OCH3 is 1. The first-order valence-corrected chi connectivity index (χ1v) is 12.0. The Bertz CT molecular complexity index is 1050. The lowest BCUT2D eigenvalue weighted by atomic mass is 10.2. The number of imide groups is 1. The van der Waals surface area contributed by atoms with Crippen molar-refractivity contribution in [1.29, 1.82) is 0 Å². The van der Waals surface area contributed by atoms with E-state index in [9.17, 15) is 14.4 Å². The molecule has 2 aromatic rings. The Hall–Kier alpha value is -1.56. The molecule has 1 heterocycles. The van der Waals surface area contributed by atoms with E-state index in [1.54, 1.807) is 18.2 Å². The number of carbonyl (C=O) groups is 3. The summed E-state index contributed by atoms with van der Waals surface area (Å²) in [5, 5.41) is -0.176. The fourth-order valence-electron chi connectivity index (χ4n) is 2.78. The van der Waals surface area contributed by atoms with Gasteiger partial charge in [0.15, 0.2) is 5.75 Å². The molecule has 1 fully saturated rings. The van der Waals surface area contributed by atoms with Crippen molar-refractivity contribution in [3.05, 3.63) is 65.5 Å². The average Bonchev–Trinajstić information content (AvgIpc) is 3.00. The van der Waals surface area contributed by atoms with Crippen molar-refractivity contribution in [3.8, 4) is 5.75 Å². The molecule has 31 heavy (non-hydrogen) atoms. The lowest BCUT2D eigenvalue weighted by Crippen LogP contribution is -2.42. The molecule has 2 amide bonds. The van der Waals surface area contributed by atoms with Gasteiger partial charge in [0.05, 0.1) is 21.5 Å². The average molecular weight is 637 g/mol. The summed E-state index contributed by atoms with van der Waals surface area (Å²) in [5.74, 6) is -0.743. The zero-order valence-corrected chi connectivity index (χ0v) is 21.7. The Labute approximate surface area is 210 Å². The smallest absolute Gasteiger partial charge is 0.328 e. The number of thioether (sulfide) groups is 1. The summed E-state index contributed by atoms with van der Waals surface area (Å²) in [6.07, 6.45) is 1.55. The van der Waals surface area contributed by atoms with Crippen LogP contribution in [0.1, 0.15) is 18.1 Å². The number of ether oxygens (including phenoxy) is 2. The molecule has 0 unspecified atom stereocenters. The lowest BCUT2D eigenvalue weighted by molar-refractivity contribution is -0.148. The van der Waals surface area contributed by atoms with Crippen molar-refractivity contribution >= 4 is 85.1 Å². The van der Waals surface area contributed by atoms with E-state index >= 15 is 0 Å². The zero-order valence-electron chi connectivity index (χ0n) is 16.4. The number of esters is 1. The molecular weight excluding hydrogens is 621 g/mol. The molecule has 3 rings (SSSR count). The summed E-state index contributed by atoms with van der Waals surface area (Å²) >= 11 is 12.8. The molecule has 0 bridgehead atoms. The highest BCUT2D eigenvalue weighted by molar-refractivity contribution is 14.1. The Kier molecular flexibility index (Phi) is 8.06. The fraction of sp³-hybridized carbons (Fsp3) is 0.190. The van der Waals surface area contributed by atoms with Crippen molar-refractivity contribution in [1.82, 2.24) is 4.90 Å². The highest BCUT2D eigenvalue weighted by Gasteiger charge is 2.41. The SMILES string of the molecule is COC(=O)[C@@H](C)N1C(=O)S/C(=C/c2cc(Cl)c(OCc3ccc(I)cc3)c(Br)c2)C1=O. The maximum absolute atomic E-state index is 12.6. The van der Waals surface area contributed by atoms with E-state index in [4.69, 9.17) is 16.3 Å². The van der Waals surface area contributed by atoms with Crippen LogP contribution in [0.4, 0.5) is 4.79 Å². The van der Waals surface area contributed by atoms with Crippen LogP contribution in [-0.4, -0.2) is 35.2 Å². The molecule has 162 valence electrons. The minimum absolute atomic E-state index is 0.191. The van der Waals surface area contributed by atoms with E-state index < -0.39 is 23.2 Å². The monoisotopic (exact) mass is 635 g/mol. The third-order valence-electron chi connectivity index (χ3n) is 4.37. The Morgan fingerprint density at radius 1 is 1.29 bits per heavy atom. The highest BCUT2D eigenvalue weighted by atomic mass is 127. The molecule has 0 saturated carbocycles. The van der Waals surface area contributed by atoms with Gasteiger partial charge in [-0.05, 0) is 98.7 Å². The van der Waals surface area contributed by atoms with Crippen molar-refractivity contribution in [3.63, 3.8) is 0 Å². The molecule has 6 nitrogen and oxygen atoms in total. The molecule has 0 aliphatic carbocycles. The van der Waals surface area contributed by atoms with Crippen molar-refractivity contribution in [2.45, 2.75) is 19.6 Å². The van der Waals surface area contributed by atoms with Gasteiger partial charge in [0, 0.05) is 3.57 Å². The van der Waals surface area contributed by atoms with E-state index in [1.807, 2.05) is 24.3 Å². The first-order valence-electron chi connectivity index (χ1n) is 8.92. The predicted molar refractivity (Wildman–Crippen MR) is 132 cm³/mol. The number of hydrogen-bond donors (Lipinski definition) is 0. The number of nitrogens with zero attached hydrogens (tertiary/aromatic N) is 1. The molecule has 0 spiro atoms. The standard InChI is InChI=1S/C21H16BrClINO5S/c1-11(20(27)29-2)25-19(26)17(31-21(25)28)9-13-7-15(22)18(16(23)8-13)30-10-12-3-5-14(24)6-4-12/h3-9,11H,10H2,1-2H3/b17-9+/t11-/m1/s1. The number of benzene rings is 2. The van der Waals surface area contributed by atoms with Gasteiger partial charge in [0.2, 0.25) is 0 Å². The molecular formula is C21H16BrClINO5S. The van der Waals surface area contributed by atoms with E-state index in [0.717, 1.165) is 25.8 Å². The normalized spacial score (nSPS) is 16.0. The summed E-state index contributed by atoms with van der Waals surface area (Å²) in [6.45, 7) is 1.79. The summed E-state index contributed by atoms with van der Waals surface area (Å²) in [5.41, 5.74) is 1.61. The Morgan fingerprint density at radius 2 is 1.97 bits per heavy atom. The molecule has 2 aromatic carbocycles. The lowest BCUT2D eigenvalue weighted by Gasteiger charge is -2.18. The zero-order chi connectivity index (χ0) is 22.7. The van der Waals surface area contributed by atoms with Gasteiger partial charge in [-0.25, -0.2) is 4.79 Å². The van der Waals surface area contributed by atoms with Crippen molar-refractivity contribution in [2.24, 2.45) is 0 Å². The molecule has 0 aromatic heterocycles. The van der Waals surface area contributed by atoms with Crippen LogP contribution in [0.25, 0.3) is 6.08 Å². The molecule has 1 atom stereocenters. The number of amides is 2. The van der Waals surface area contributed by atoms with E-state index in [2.05, 4.69) is 43.3 Å². The molecule has 1 saturated heterocycles. The van der Waals surface area contributed by atoms with Crippen LogP contribution in [0.5, 0.6) is 5.75 Å². The van der Waals surface area contributed by atoms with Gasteiger partial charge in [-0.2, -0.15) is 0 Å². The molecule has 10 heteroatoms. The Morgan fingerprint density at radius 3 is 2.58 bits per heavy atom. The van der Waals surface area contributed by atoms with Gasteiger partial charge in [0.25, 0.3) is 11.1 Å². The number of rotatable bonds is 6. The van der Waals surface area contributed by atoms with E-state index in [0.29, 0.717) is 27.4 Å². The van der Waals surface area contributed by atoms with Crippen LogP contribution < -0.4 is 4.74 Å². The van der Waals surface area contributed by atoms with E-state index in [1.165, 1.54) is 14.0 Å². The van der Waals surface area contributed by atoms with Gasteiger partial charge in [-0.3, -0.25) is 14.5 Å². The van der Waals surface area contributed by atoms with Crippen LogP contribution >= 0.6 is 61.9 Å². The molecule has 1 aliphatic rings. The first kappa shape index (κ1) is 24.1. The van der Waals surface area contributed by atoms with Crippen molar-refractivity contribution in [2.75, 3.05) is 7.11 Å². The second kappa shape index (κ2) is 10.4. The van der Waals surface area contributed by atoms with Crippen LogP contribution in [0.15, 0.2) is 45.8 Å². The van der Waals surface area contributed by atoms with Crippen LogP contribution in [-0.2, 0) is 20.9 Å². The second-order valence-electron chi connectivity index (χ2n) is 6.48. The number of halogens is 3. The fourth-order valence-corrected chi connectivity index (χ4v) is 5.03. The Balaban J connectivity index is 1.78. The minimum atomic E-state index is -1.00. The van der Waals surface area contributed by atoms with Gasteiger partial charge >= 0.3 is 5.97 Å². The maximum atomic E-state index is 12.6. The number of hydrogen-bond acceptors (Lipinski definition) is 6. The largest absolute Gasteiger partial charge is 0.486 e. The van der Waals surface area contributed by atoms with Crippen LogP contribution in [0, 0.1) is 3.57 Å². The van der Waals surface area contributed by atoms with Gasteiger partial charge in [-0.15, -0.1) is 0 Å². The number of carbonyl (C=O) groups excluding carboxylic acids is 3. The van der Waals surface area contributed by atoms with Gasteiger partial charge < -0.3 is 9.47 Å². The second-order valence-corrected chi connectivity index (χ2v) is 9.98. The van der Waals surface area contributed by atoms with Crippen LogP contribution in [0.2, 0.25) is 5.02 Å². The topological polar surface area (TPSA) is 72.9 Å². The summed E-state index contributed by atoms with van der Waals surface area (Å²) in [6, 6.07) is 10.3. The predicted octanol–water partition coefficient (Wildman–Crippen LogP) is 5.88.